The fourth-order valence-electron chi connectivity index (χ4n) is 2.05. The predicted molar refractivity (Wildman–Crippen MR) is 75.0 cm³/mol. The first-order valence-electron chi connectivity index (χ1n) is 6.94. The Morgan fingerprint density at radius 2 is 2.00 bits per heavy atom. The molecule has 0 unspecified atom stereocenters. The van der Waals surface area contributed by atoms with Gasteiger partial charge < -0.3 is 5.11 Å². The second kappa shape index (κ2) is 7.91. The van der Waals surface area contributed by atoms with Crippen molar-refractivity contribution in [3.8, 4) is 5.75 Å². The molecule has 18 heavy (non-hydrogen) atoms. The van der Waals surface area contributed by atoms with E-state index in [0.29, 0.717) is 5.56 Å². The van der Waals surface area contributed by atoms with Crippen LogP contribution in [0.25, 0.3) is 0 Å². The van der Waals surface area contributed by atoms with Crippen molar-refractivity contribution in [2.24, 2.45) is 5.92 Å². The van der Waals surface area contributed by atoms with Crippen molar-refractivity contribution in [2.45, 2.75) is 52.4 Å². The summed E-state index contributed by atoms with van der Waals surface area (Å²) >= 11 is 0. The Kier molecular flexibility index (Phi) is 6.48. The van der Waals surface area contributed by atoms with E-state index in [0.717, 1.165) is 5.92 Å². The molecular weight excluding hydrogens is 224 g/mol. The highest BCUT2D eigenvalue weighted by atomic mass is 16.3. The topological polar surface area (TPSA) is 37.3 Å². The number of aromatic hydroxyl groups is 1. The van der Waals surface area contributed by atoms with Gasteiger partial charge in [0.05, 0.1) is 5.56 Å². The van der Waals surface area contributed by atoms with E-state index in [2.05, 4.69) is 6.92 Å². The van der Waals surface area contributed by atoms with Crippen LogP contribution in [0.1, 0.15) is 62.7 Å². The molecule has 0 amide bonds. The van der Waals surface area contributed by atoms with Crippen LogP contribution in [0.4, 0.5) is 0 Å². The highest BCUT2D eigenvalue weighted by Gasteiger charge is 2.15. The molecule has 1 N–H and O–H groups in total. The third-order valence-electron chi connectivity index (χ3n) is 3.47. The monoisotopic (exact) mass is 248 g/mol. The van der Waals surface area contributed by atoms with Crippen LogP contribution in [-0.2, 0) is 0 Å². The van der Waals surface area contributed by atoms with Crippen LogP contribution in [0.2, 0.25) is 0 Å². The maximum absolute atomic E-state index is 10.7. The molecule has 1 aromatic carbocycles. The molecule has 100 valence electrons. The Labute approximate surface area is 110 Å². The van der Waals surface area contributed by atoms with Crippen LogP contribution >= 0.6 is 0 Å². The predicted octanol–water partition coefficient (Wildman–Crippen LogP) is 4.57. The third kappa shape index (κ3) is 4.91. The number of hydrogen-bond donors (Lipinski definition) is 1. The van der Waals surface area contributed by atoms with Gasteiger partial charge in [0.15, 0.2) is 5.78 Å². The number of carbonyl (C=O) groups excluding carboxylic acids is 1. The minimum atomic E-state index is -0.113. The summed E-state index contributed by atoms with van der Waals surface area (Å²) in [5.41, 5.74) is 0.377. The van der Waals surface area contributed by atoms with Gasteiger partial charge in [0, 0.05) is 0 Å². The number of hydrogen-bond acceptors (Lipinski definition) is 2. The number of Topliss-reactive ketones (excluding diaryl/α,β-unsaturated/α-hetero) is 1. The third-order valence-corrected chi connectivity index (χ3v) is 3.47. The Morgan fingerprint density at radius 3 is 2.39 bits per heavy atom. The van der Waals surface area contributed by atoms with Crippen LogP contribution in [0, 0.1) is 5.92 Å². The molecule has 2 rings (SSSR count). The first-order valence-corrected chi connectivity index (χ1v) is 6.94. The van der Waals surface area contributed by atoms with Gasteiger partial charge in [-0.05, 0) is 25.0 Å². The molecule has 0 radical (unpaired) electrons. The number of para-hydroxylation sites is 1. The standard InChI is InChI=1S/C8H8O2.C8H16/c1-6(9)7-4-2-3-5-8(7)10;1-2-3-5-8-6-4-7-8/h2-5,10H,1H3;8H,2-7H2,1H3. The van der Waals surface area contributed by atoms with E-state index in [9.17, 15) is 4.79 Å². The smallest absolute Gasteiger partial charge is 0.163 e. The first-order chi connectivity index (χ1) is 8.65. The van der Waals surface area contributed by atoms with Crippen LogP contribution < -0.4 is 0 Å². The number of phenolic OH excluding ortho intramolecular Hbond substituents is 1. The molecule has 0 heterocycles. The molecule has 1 aromatic rings. The SMILES string of the molecule is CC(=O)c1ccccc1O.CCCCC1CCC1. The lowest BCUT2D eigenvalue weighted by atomic mass is 9.82. The summed E-state index contributed by atoms with van der Waals surface area (Å²) in [6.45, 7) is 3.70. The van der Waals surface area contributed by atoms with Crippen molar-refractivity contribution in [3.05, 3.63) is 29.8 Å². The Bertz CT molecular complexity index is 367. The molecule has 0 saturated heterocycles. The molecule has 1 saturated carbocycles. The van der Waals surface area contributed by atoms with Crippen molar-refractivity contribution < 1.29 is 9.90 Å². The quantitative estimate of drug-likeness (QED) is 0.792. The second-order valence-corrected chi connectivity index (χ2v) is 5.01. The van der Waals surface area contributed by atoms with Crippen molar-refractivity contribution in [1.29, 1.82) is 0 Å². The minimum absolute atomic E-state index is 0.0509. The Hall–Kier alpha value is -1.31. The molecular formula is C16H24O2. The number of benzene rings is 1. The summed E-state index contributed by atoms with van der Waals surface area (Å²) in [6.07, 6.45) is 8.92. The lowest BCUT2D eigenvalue weighted by molar-refractivity contribution is 0.101. The van der Waals surface area contributed by atoms with Crippen LogP contribution in [0.15, 0.2) is 24.3 Å². The molecule has 2 heteroatoms. The normalized spacial score (nSPS) is 14.3. The number of ketones is 1. The molecule has 2 nitrogen and oxygen atoms in total. The molecule has 0 spiro atoms. The summed E-state index contributed by atoms with van der Waals surface area (Å²) in [5, 5.41) is 9.06. The summed E-state index contributed by atoms with van der Waals surface area (Å²) in [7, 11) is 0. The summed E-state index contributed by atoms with van der Waals surface area (Å²) < 4.78 is 0. The van der Waals surface area contributed by atoms with Gasteiger partial charge in [-0.25, -0.2) is 0 Å². The van der Waals surface area contributed by atoms with Gasteiger partial charge in [-0.15, -0.1) is 0 Å². The van der Waals surface area contributed by atoms with Crippen molar-refractivity contribution >= 4 is 5.78 Å². The molecule has 1 aliphatic rings. The number of unbranched alkanes of at least 4 members (excludes halogenated alkanes) is 1. The van der Waals surface area contributed by atoms with Crippen molar-refractivity contribution in [3.63, 3.8) is 0 Å². The van der Waals surface area contributed by atoms with E-state index in [-0.39, 0.29) is 11.5 Å². The fraction of sp³-hybridized carbons (Fsp3) is 0.562. The number of phenols is 1. The summed E-state index contributed by atoms with van der Waals surface area (Å²) in [5.74, 6) is 1.07. The van der Waals surface area contributed by atoms with Gasteiger partial charge in [0.1, 0.15) is 5.75 Å². The fourth-order valence-corrected chi connectivity index (χ4v) is 2.05. The van der Waals surface area contributed by atoms with Gasteiger partial charge in [-0.3, -0.25) is 4.79 Å². The zero-order chi connectivity index (χ0) is 13.4. The zero-order valence-electron chi connectivity index (χ0n) is 11.5. The maximum Gasteiger partial charge on any atom is 0.163 e. The van der Waals surface area contributed by atoms with Gasteiger partial charge >= 0.3 is 0 Å². The van der Waals surface area contributed by atoms with Crippen LogP contribution in [-0.4, -0.2) is 10.9 Å². The summed E-state index contributed by atoms with van der Waals surface area (Å²) in [6, 6.07) is 6.49. The minimum Gasteiger partial charge on any atom is -0.507 e. The van der Waals surface area contributed by atoms with Gasteiger partial charge in [-0.2, -0.15) is 0 Å². The lowest BCUT2D eigenvalue weighted by Crippen LogP contribution is -2.09. The Morgan fingerprint density at radius 1 is 1.33 bits per heavy atom. The molecule has 0 bridgehead atoms. The average Bonchev–Trinajstić information content (AvgIpc) is 2.28. The van der Waals surface area contributed by atoms with E-state index in [1.165, 1.54) is 51.5 Å². The van der Waals surface area contributed by atoms with Crippen LogP contribution in [0.3, 0.4) is 0 Å². The molecule has 0 aromatic heterocycles. The molecule has 0 atom stereocenters. The largest absolute Gasteiger partial charge is 0.507 e. The van der Waals surface area contributed by atoms with E-state index in [1.54, 1.807) is 18.2 Å². The first kappa shape index (κ1) is 14.7. The second-order valence-electron chi connectivity index (χ2n) is 5.01. The van der Waals surface area contributed by atoms with Crippen molar-refractivity contribution in [1.82, 2.24) is 0 Å². The van der Waals surface area contributed by atoms with E-state index < -0.39 is 0 Å². The Balaban J connectivity index is 0.000000184. The van der Waals surface area contributed by atoms with E-state index >= 15 is 0 Å². The van der Waals surface area contributed by atoms with Gasteiger partial charge in [-0.1, -0.05) is 57.6 Å². The highest BCUT2D eigenvalue weighted by Crippen LogP contribution is 2.30. The molecule has 1 fully saturated rings. The molecule has 0 aliphatic heterocycles. The van der Waals surface area contributed by atoms with Crippen LogP contribution in [0.5, 0.6) is 5.75 Å². The zero-order valence-corrected chi connectivity index (χ0v) is 11.5. The number of rotatable bonds is 4. The van der Waals surface area contributed by atoms with Crippen molar-refractivity contribution in [2.75, 3.05) is 0 Å². The van der Waals surface area contributed by atoms with E-state index in [4.69, 9.17) is 5.11 Å². The highest BCUT2D eigenvalue weighted by molar-refractivity contribution is 5.96. The molecule has 1 aliphatic carbocycles. The maximum atomic E-state index is 10.7. The summed E-state index contributed by atoms with van der Waals surface area (Å²) in [4.78, 5) is 10.7. The number of carbonyl (C=O) groups is 1. The van der Waals surface area contributed by atoms with E-state index in [1.807, 2.05) is 0 Å². The average molecular weight is 248 g/mol. The van der Waals surface area contributed by atoms with Gasteiger partial charge in [0.25, 0.3) is 0 Å². The lowest BCUT2D eigenvalue weighted by Gasteiger charge is -2.24. The van der Waals surface area contributed by atoms with Gasteiger partial charge in [0.2, 0.25) is 0 Å².